The largest absolute Gasteiger partial charge is 0.466 e. The average Bonchev–Trinajstić information content (AvgIpc) is 2.64. The van der Waals surface area contributed by atoms with Crippen LogP contribution in [0.15, 0.2) is 24.3 Å². The van der Waals surface area contributed by atoms with E-state index in [9.17, 15) is 4.79 Å². The maximum absolute atomic E-state index is 11.5. The van der Waals surface area contributed by atoms with Gasteiger partial charge in [-0.15, -0.1) is 0 Å². The molecule has 1 heterocycles. The lowest BCUT2D eigenvalue weighted by atomic mass is 10.2. The van der Waals surface area contributed by atoms with Gasteiger partial charge in [0.15, 0.2) is 0 Å². The summed E-state index contributed by atoms with van der Waals surface area (Å²) in [5, 5.41) is 0.396. The van der Waals surface area contributed by atoms with Gasteiger partial charge in [0.1, 0.15) is 0 Å². The molecule has 96 valence electrons. The first kappa shape index (κ1) is 12.9. The summed E-state index contributed by atoms with van der Waals surface area (Å²) in [6, 6.07) is 7.59. The van der Waals surface area contributed by atoms with Gasteiger partial charge in [0.05, 0.1) is 24.1 Å². The zero-order valence-electron chi connectivity index (χ0n) is 10.4. The molecule has 0 aliphatic heterocycles. The molecular weight excluding hydrogens is 252 g/mol. The van der Waals surface area contributed by atoms with Gasteiger partial charge in [-0.3, -0.25) is 4.79 Å². The molecule has 0 N–H and O–H groups in total. The molecule has 0 bridgehead atoms. The van der Waals surface area contributed by atoms with Crippen molar-refractivity contribution in [2.45, 2.75) is 26.3 Å². The van der Waals surface area contributed by atoms with E-state index in [-0.39, 0.29) is 18.4 Å². The van der Waals surface area contributed by atoms with Crippen molar-refractivity contribution >= 4 is 28.6 Å². The molecule has 0 amide bonds. The Kier molecular flexibility index (Phi) is 3.87. The summed E-state index contributed by atoms with van der Waals surface area (Å²) in [6.07, 6.45) is 0.286. The summed E-state index contributed by atoms with van der Waals surface area (Å²) in [5.41, 5.74) is 1.76. The fourth-order valence-corrected chi connectivity index (χ4v) is 2.34. The van der Waals surface area contributed by atoms with Gasteiger partial charge in [-0.05, 0) is 37.6 Å². The predicted octanol–water partition coefficient (Wildman–Crippen LogP) is 3.20. The number of esters is 1. The van der Waals surface area contributed by atoms with Crippen LogP contribution in [0, 0.1) is 0 Å². The Morgan fingerprint density at radius 1 is 1.50 bits per heavy atom. The summed E-state index contributed by atoms with van der Waals surface area (Å²) < 4.78 is 6.80. The standard InChI is InChI=1S/C13H15ClN2O2/c1-3-18-12(17)8-9(2)16-11-7-5-4-6-10(11)15-13(16)14/h4-7,9H,3,8H2,1-2H3. The van der Waals surface area contributed by atoms with Crippen molar-refractivity contribution in [3.63, 3.8) is 0 Å². The van der Waals surface area contributed by atoms with Crippen LogP contribution in [0.2, 0.25) is 5.28 Å². The summed E-state index contributed by atoms with van der Waals surface area (Å²) >= 11 is 6.12. The van der Waals surface area contributed by atoms with E-state index in [1.54, 1.807) is 6.92 Å². The minimum absolute atomic E-state index is 0.0797. The number of fused-ring (bicyclic) bond motifs is 1. The topological polar surface area (TPSA) is 44.1 Å². The third-order valence-corrected chi connectivity index (χ3v) is 3.03. The van der Waals surface area contributed by atoms with Crippen molar-refractivity contribution < 1.29 is 9.53 Å². The van der Waals surface area contributed by atoms with Crippen molar-refractivity contribution in [3.05, 3.63) is 29.5 Å². The maximum atomic E-state index is 11.5. The monoisotopic (exact) mass is 266 g/mol. The summed E-state index contributed by atoms with van der Waals surface area (Å²) in [6.45, 7) is 4.11. The quantitative estimate of drug-likeness (QED) is 0.798. The molecule has 0 saturated heterocycles. The fraction of sp³-hybridized carbons (Fsp3) is 0.385. The molecule has 0 radical (unpaired) electrons. The lowest BCUT2D eigenvalue weighted by Gasteiger charge is -2.14. The normalized spacial score (nSPS) is 12.6. The fourth-order valence-electron chi connectivity index (χ4n) is 1.99. The van der Waals surface area contributed by atoms with Crippen molar-refractivity contribution in [1.82, 2.24) is 9.55 Å². The molecule has 1 aromatic heterocycles. The number of halogens is 1. The van der Waals surface area contributed by atoms with Crippen LogP contribution in [0.3, 0.4) is 0 Å². The number of hydrogen-bond acceptors (Lipinski definition) is 3. The van der Waals surface area contributed by atoms with E-state index in [0.717, 1.165) is 11.0 Å². The Morgan fingerprint density at radius 2 is 2.22 bits per heavy atom. The molecule has 1 aromatic carbocycles. The highest BCUT2D eigenvalue weighted by molar-refractivity contribution is 6.29. The third kappa shape index (κ3) is 2.48. The highest BCUT2D eigenvalue weighted by Gasteiger charge is 2.17. The van der Waals surface area contributed by atoms with Crippen molar-refractivity contribution in [2.75, 3.05) is 6.61 Å². The molecule has 2 rings (SSSR count). The smallest absolute Gasteiger partial charge is 0.307 e. The van der Waals surface area contributed by atoms with E-state index in [2.05, 4.69) is 4.98 Å². The molecule has 5 heteroatoms. The molecular formula is C13H15ClN2O2. The SMILES string of the molecule is CCOC(=O)CC(C)n1c(Cl)nc2ccccc21. The maximum Gasteiger partial charge on any atom is 0.307 e. The van der Waals surface area contributed by atoms with Crippen LogP contribution in [0.25, 0.3) is 11.0 Å². The number of aromatic nitrogens is 2. The first-order valence-electron chi connectivity index (χ1n) is 5.91. The number of carbonyl (C=O) groups excluding carboxylic acids is 1. The van der Waals surface area contributed by atoms with Gasteiger partial charge in [0, 0.05) is 6.04 Å². The second-order valence-electron chi connectivity index (χ2n) is 4.10. The van der Waals surface area contributed by atoms with Crippen LogP contribution >= 0.6 is 11.6 Å². The minimum atomic E-state index is -0.223. The highest BCUT2D eigenvalue weighted by Crippen LogP contribution is 2.25. The average molecular weight is 267 g/mol. The Morgan fingerprint density at radius 3 is 2.94 bits per heavy atom. The minimum Gasteiger partial charge on any atom is -0.466 e. The zero-order chi connectivity index (χ0) is 13.1. The van der Waals surface area contributed by atoms with Gasteiger partial charge in [-0.1, -0.05) is 12.1 Å². The lowest BCUT2D eigenvalue weighted by Crippen LogP contribution is -2.13. The van der Waals surface area contributed by atoms with Crippen LogP contribution < -0.4 is 0 Å². The van der Waals surface area contributed by atoms with Crippen molar-refractivity contribution in [3.8, 4) is 0 Å². The number of para-hydroxylation sites is 2. The number of ether oxygens (including phenoxy) is 1. The Hall–Kier alpha value is -1.55. The molecule has 0 saturated carbocycles. The van der Waals surface area contributed by atoms with Crippen LogP contribution in [0.4, 0.5) is 0 Å². The lowest BCUT2D eigenvalue weighted by molar-refractivity contribution is -0.143. The third-order valence-electron chi connectivity index (χ3n) is 2.76. The van der Waals surface area contributed by atoms with Crippen molar-refractivity contribution in [2.24, 2.45) is 0 Å². The molecule has 0 aliphatic carbocycles. The number of hydrogen-bond donors (Lipinski definition) is 0. The van der Waals surface area contributed by atoms with E-state index >= 15 is 0 Å². The Bertz CT molecular complexity index is 565. The molecule has 0 aliphatic rings. The van der Waals surface area contributed by atoms with E-state index in [0.29, 0.717) is 11.9 Å². The van der Waals surface area contributed by atoms with Gasteiger partial charge in [0.2, 0.25) is 5.28 Å². The van der Waals surface area contributed by atoms with Gasteiger partial charge < -0.3 is 9.30 Å². The molecule has 2 aromatic rings. The molecule has 18 heavy (non-hydrogen) atoms. The molecule has 0 fully saturated rings. The predicted molar refractivity (Wildman–Crippen MR) is 70.7 cm³/mol. The molecule has 4 nitrogen and oxygen atoms in total. The van der Waals surface area contributed by atoms with Crippen LogP contribution in [-0.2, 0) is 9.53 Å². The number of nitrogens with zero attached hydrogens (tertiary/aromatic N) is 2. The summed E-state index contributed by atoms with van der Waals surface area (Å²) in [5.74, 6) is -0.223. The highest BCUT2D eigenvalue weighted by atomic mass is 35.5. The van der Waals surface area contributed by atoms with Crippen LogP contribution in [0.5, 0.6) is 0 Å². The number of imidazole rings is 1. The number of benzene rings is 1. The van der Waals surface area contributed by atoms with Crippen LogP contribution in [-0.4, -0.2) is 22.1 Å². The van der Waals surface area contributed by atoms with Gasteiger partial charge in [-0.2, -0.15) is 0 Å². The molecule has 1 atom stereocenters. The Labute approximate surface area is 111 Å². The van der Waals surface area contributed by atoms with Gasteiger partial charge >= 0.3 is 5.97 Å². The number of carbonyl (C=O) groups is 1. The van der Waals surface area contributed by atoms with E-state index in [1.165, 1.54) is 0 Å². The van der Waals surface area contributed by atoms with Gasteiger partial charge in [-0.25, -0.2) is 4.98 Å². The summed E-state index contributed by atoms with van der Waals surface area (Å²) in [7, 11) is 0. The Balaban J connectivity index is 2.29. The first-order chi connectivity index (χ1) is 8.63. The first-order valence-corrected chi connectivity index (χ1v) is 6.29. The zero-order valence-corrected chi connectivity index (χ0v) is 11.1. The van der Waals surface area contributed by atoms with E-state index in [4.69, 9.17) is 16.3 Å². The number of rotatable bonds is 4. The second kappa shape index (κ2) is 5.40. The van der Waals surface area contributed by atoms with E-state index in [1.807, 2.05) is 35.8 Å². The van der Waals surface area contributed by atoms with E-state index < -0.39 is 0 Å². The van der Waals surface area contributed by atoms with Crippen molar-refractivity contribution in [1.29, 1.82) is 0 Å². The molecule has 1 unspecified atom stereocenters. The molecule has 0 spiro atoms. The van der Waals surface area contributed by atoms with Gasteiger partial charge in [0.25, 0.3) is 0 Å². The summed E-state index contributed by atoms with van der Waals surface area (Å²) in [4.78, 5) is 15.8. The second-order valence-corrected chi connectivity index (χ2v) is 4.44. The van der Waals surface area contributed by atoms with Crippen LogP contribution in [0.1, 0.15) is 26.3 Å².